The summed E-state index contributed by atoms with van der Waals surface area (Å²) in [5.74, 6) is 2.60. The third-order valence-corrected chi connectivity index (χ3v) is 19.7. The van der Waals surface area contributed by atoms with Crippen LogP contribution in [0.5, 0.6) is 0 Å². The first-order valence-electron chi connectivity index (χ1n) is 18.6. The molecule has 0 nitrogen and oxygen atoms in total. The van der Waals surface area contributed by atoms with Gasteiger partial charge < -0.3 is 0 Å². The van der Waals surface area contributed by atoms with E-state index in [-0.39, 0.29) is 13.7 Å². The highest BCUT2D eigenvalue weighted by molar-refractivity contribution is 9.11. The molecule has 11 heteroatoms. The van der Waals surface area contributed by atoms with Crippen LogP contribution < -0.4 is 0 Å². The molecule has 7 rings (SSSR count). The van der Waals surface area contributed by atoms with Crippen LogP contribution >= 0.6 is 147 Å². The van der Waals surface area contributed by atoms with E-state index in [2.05, 4.69) is 246 Å². The standard InChI is InChI=1S/C48H38Br4S7/c49-38-13-21-42(22-14-38)56-47(57-43-23-15-39(50)16-24-43)36-9-3-33(4-10-36)30-54-46(35-7-1-32(29-53)2-8-35)55-31-34-5-11-37(12-6-34)48(58-44-25-17-40(51)18-26-44)59-45-27-19-41(52)20-28-45/h1-28,46-48,53H,29-31H2. The van der Waals surface area contributed by atoms with Gasteiger partial charge in [-0.05, 0) is 130 Å². The lowest BCUT2D eigenvalue weighted by atomic mass is 10.2. The van der Waals surface area contributed by atoms with Gasteiger partial charge in [0.15, 0.2) is 0 Å². The number of hydrogen-bond donors (Lipinski definition) is 1. The zero-order chi connectivity index (χ0) is 41.0. The first kappa shape index (κ1) is 45.9. The number of rotatable bonds is 18. The summed E-state index contributed by atoms with van der Waals surface area (Å²) in [5.41, 5.74) is 7.87. The molecule has 0 spiro atoms. The Hall–Kier alpha value is -1.09. The van der Waals surface area contributed by atoms with Crippen molar-refractivity contribution in [2.24, 2.45) is 0 Å². The first-order valence-corrected chi connectivity index (χ1v) is 28.0. The van der Waals surface area contributed by atoms with Crippen molar-refractivity contribution in [1.29, 1.82) is 0 Å². The lowest BCUT2D eigenvalue weighted by Gasteiger charge is -2.20. The van der Waals surface area contributed by atoms with Crippen LogP contribution in [-0.4, -0.2) is 0 Å². The molecule has 0 amide bonds. The number of benzene rings is 7. The summed E-state index contributed by atoms with van der Waals surface area (Å²) in [6.45, 7) is 0. The maximum atomic E-state index is 4.52. The Kier molecular flexibility index (Phi) is 18.3. The highest BCUT2D eigenvalue weighted by Crippen LogP contribution is 2.50. The Bertz CT molecular complexity index is 2100. The summed E-state index contributed by atoms with van der Waals surface area (Å²) >= 11 is 30.5. The van der Waals surface area contributed by atoms with E-state index in [0.29, 0.717) is 0 Å². The van der Waals surface area contributed by atoms with Gasteiger partial charge in [0.05, 0.1) is 13.7 Å². The van der Waals surface area contributed by atoms with Gasteiger partial charge >= 0.3 is 0 Å². The summed E-state index contributed by atoms with van der Waals surface area (Å²) in [6.07, 6.45) is 0. The van der Waals surface area contributed by atoms with Gasteiger partial charge in [0.1, 0.15) is 0 Å². The Morgan fingerprint density at radius 1 is 0.322 bits per heavy atom. The Balaban J connectivity index is 1.04. The molecule has 7 aromatic carbocycles. The summed E-state index contributed by atoms with van der Waals surface area (Å²) in [4.78, 5) is 5.00. The monoisotopic (exact) mass is 1150 g/mol. The van der Waals surface area contributed by atoms with E-state index < -0.39 is 0 Å². The maximum Gasteiger partial charge on any atom is 0.0845 e. The van der Waals surface area contributed by atoms with Crippen molar-refractivity contribution in [1.82, 2.24) is 0 Å². The Morgan fingerprint density at radius 2 is 0.576 bits per heavy atom. The highest BCUT2D eigenvalue weighted by atomic mass is 79.9. The molecule has 0 bridgehead atoms. The quantitative estimate of drug-likeness (QED) is 0.0513. The zero-order valence-corrected chi connectivity index (χ0v) is 43.6. The third-order valence-electron chi connectivity index (χ3n) is 8.97. The highest BCUT2D eigenvalue weighted by Gasteiger charge is 2.19. The first-order chi connectivity index (χ1) is 28.8. The number of thiol groups is 1. The molecule has 7 aromatic rings. The number of thioether (sulfide) groups is 6. The summed E-state index contributed by atoms with van der Waals surface area (Å²) in [7, 11) is 0. The van der Waals surface area contributed by atoms with Gasteiger partial charge in [-0.3, -0.25) is 0 Å². The minimum atomic E-state index is 0.216. The van der Waals surface area contributed by atoms with Crippen molar-refractivity contribution >= 4 is 147 Å². The molecule has 0 aliphatic rings. The van der Waals surface area contributed by atoms with E-state index in [9.17, 15) is 0 Å². The third kappa shape index (κ3) is 14.5. The second-order valence-electron chi connectivity index (χ2n) is 13.3. The summed E-state index contributed by atoms with van der Waals surface area (Å²) in [5, 5.41) is 0. The zero-order valence-electron chi connectivity index (χ0n) is 31.4. The maximum absolute atomic E-state index is 4.52. The van der Waals surface area contributed by atoms with Gasteiger partial charge in [-0.25, -0.2) is 0 Å². The van der Waals surface area contributed by atoms with Gasteiger partial charge in [-0.2, -0.15) is 12.6 Å². The molecular formula is C48H38Br4S7. The van der Waals surface area contributed by atoms with E-state index in [1.807, 2.05) is 70.6 Å². The van der Waals surface area contributed by atoms with Gasteiger partial charge in [-0.15, -0.1) is 70.6 Å². The minimum absolute atomic E-state index is 0.216. The molecule has 0 heterocycles. The second-order valence-corrected chi connectivity index (χ2v) is 25.1. The molecule has 0 aliphatic heterocycles. The Labute approximate surface area is 413 Å². The van der Waals surface area contributed by atoms with Gasteiger partial charge in [-0.1, -0.05) is 137 Å². The fraction of sp³-hybridized carbons (Fsp3) is 0.125. The molecule has 0 aromatic heterocycles. The van der Waals surface area contributed by atoms with Crippen LogP contribution in [0, 0.1) is 0 Å². The molecule has 0 saturated carbocycles. The minimum Gasteiger partial charge on any atom is -0.175 e. The smallest absolute Gasteiger partial charge is 0.0845 e. The largest absolute Gasteiger partial charge is 0.175 e. The molecule has 0 radical (unpaired) electrons. The lowest BCUT2D eigenvalue weighted by Crippen LogP contribution is -1.95. The van der Waals surface area contributed by atoms with Crippen LogP contribution in [0.3, 0.4) is 0 Å². The topological polar surface area (TPSA) is 0 Å². The Morgan fingerprint density at radius 3 is 0.847 bits per heavy atom. The molecule has 0 fully saturated rings. The normalized spacial score (nSPS) is 11.5. The van der Waals surface area contributed by atoms with E-state index in [0.717, 1.165) is 35.1 Å². The molecule has 300 valence electrons. The lowest BCUT2D eigenvalue weighted by molar-refractivity contribution is 1.27. The SMILES string of the molecule is SCc1ccc(C(SCc2ccc(C(Sc3ccc(Br)cc3)Sc3ccc(Br)cc3)cc2)SCc2ccc(C(Sc3ccc(Br)cc3)Sc3ccc(Br)cc3)cc2)cc1. The van der Waals surface area contributed by atoms with Crippen molar-refractivity contribution in [3.05, 3.63) is 221 Å². The van der Waals surface area contributed by atoms with E-state index in [4.69, 9.17) is 0 Å². The van der Waals surface area contributed by atoms with Gasteiger partial charge in [0.25, 0.3) is 0 Å². The van der Waals surface area contributed by atoms with Crippen LogP contribution in [0.1, 0.15) is 47.1 Å². The van der Waals surface area contributed by atoms with Crippen LogP contribution in [0.4, 0.5) is 0 Å². The van der Waals surface area contributed by atoms with Crippen LogP contribution in [0.25, 0.3) is 0 Å². The van der Waals surface area contributed by atoms with Crippen molar-refractivity contribution < 1.29 is 0 Å². The van der Waals surface area contributed by atoms with E-state index in [1.54, 1.807) is 0 Å². The molecule has 0 unspecified atom stereocenters. The van der Waals surface area contributed by atoms with Crippen molar-refractivity contribution in [3.8, 4) is 0 Å². The van der Waals surface area contributed by atoms with Gasteiger partial charge in [0, 0.05) is 54.7 Å². The molecule has 0 aliphatic carbocycles. The van der Waals surface area contributed by atoms with Crippen molar-refractivity contribution in [3.63, 3.8) is 0 Å². The van der Waals surface area contributed by atoms with E-state index >= 15 is 0 Å². The average molecular weight is 1160 g/mol. The van der Waals surface area contributed by atoms with Crippen molar-refractivity contribution in [2.45, 2.75) is 50.6 Å². The molecule has 0 atom stereocenters. The van der Waals surface area contributed by atoms with Crippen LogP contribution in [-0.2, 0) is 17.3 Å². The summed E-state index contributed by atoms with van der Waals surface area (Å²) in [6, 6.07) is 62.0. The number of hydrogen-bond acceptors (Lipinski definition) is 7. The van der Waals surface area contributed by atoms with Crippen LogP contribution in [0.15, 0.2) is 207 Å². The van der Waals surface area contributed by atoms with Gasteiger partial charge in [0.2, 0.25) is 0 Å². The second kappa shape index (κ2) is 23.6. The number of halogens is 4. The summed E-state index contributed by atoms with van der Waals surface area (Å²) < 4.78 is 5.09. The molecule has 0 saturated heterocycles. The van der Waals surface area contributed by atoms with Crippen LogP contribution in [0.2, 0.25) is 0 Å². The fourth-order valence-electron chi connectivity index (χ4n) is 5.77. The molecular weight excluding hydrogens is 1120 g/mol. The predicted molar refractivity (Wildman–Crippen MR) is 283 cm³/mol. The van der Waals surface area contributed by atoms with Crippen molar-refractivity contribution in [2.75, 3.05) is 0 Å². The predicted octanol–water partition coefficient (Wildman–Crippen LogP) is 19.2. The fourth-order valence-corrected chi connectivity index (χ4v) is 14.7. The molecule has 59 heavy (non-hydrogen) atoms. The molecule has 0 N–H and O–H groups in total. The van der Waals surface area contributed by atoms with E-state index in [1.165, 1.54) is 53.0 Å². The average Bonchev–Trinajstić information content (AvgIpc) is 3.27.